The minimum atomic E-state index is -4.79. The molecule has 1 aliphatic carbocycles. The molecular weight excluding hydrogens is 213 g/mol. The van der Waals surface area contributed by atoms with Crippen LogP contribution in [-0.2, 0) is 4.79 Å². The van der Waals surface area contributed by atoms with E-state index in [0.29, 0.717) is 19.0 Å². The highest BCUT2D eigenvalue weighted by Crippen LogP contribution is 2.29. The molecule has 0 saturated heterocycles. The summed E-state index contributed by atoms with van der Waals surface area (Å²) >= 11 is 0. The zero-order valence-electron chi connectivity index (χ0n) is 7.58. The van der Waals surface area contributed by atoms with E-state index in [0.717, 1.165) is 0 Å². The Balaban J connectivity index is 3.05. The quantitative estimate of drug-likeness (QED) is 0.554. The van der Waals surface area contributed by atoms with Crippen molar-refractivity contribution in [2.45, 2.75) is 25.1 Å². The predicted octanol–water partition coefficient (Wildman–Crippen LogP) is 1.08. The fourth-order valence-electron chi connectivity index (χ4n) is 0.933. The summed E-state index contributed by atoms with van der Waals surface area (Å²) < 4.78 is 37.2. The van der Waals surface area contributed by atoms with Gasteiger partial charge in [-0.05, 0) is 12.8 Å². The third-order valence-corrected chi connectivity index (χ3v) is 1.78. The largest absolute Gasteiger partial charge is 0.478 e. The Bertz CT molecular complexity index is 329. The molecule has 0 atom stereocenters. The molecule has 0 amide bonds. The molecule has 0 heterocycles. The summed E-state index contributed by atoms with van der Waals surface area (Å²) in [6, 6.07) is -0.420. The molecule has 1 aliphatic rings. The van der Waals surface area contributed by atoms with Crippen molar-refractivity contribution in [3.63, 3.8) is 0 Å². The van der Waals surface area contributed by atoms with Crippen LogP contribution in [0.3, 0.4) is 0 Å². The lowest BCUT2D eigenvalue weighted by molar-refractivity contribution is -0.132. The van der Waals surface area contributed by atoms with Gasteiger partial charge < -0.3 is 10.8 Å². The number of alkyl halides is 3. The van der Waals surface area contributed by atoms with Crippen molar-refractivity contribution in [3.8, 4) is 0 Å². The van der Waals surface area contributed by atoms with Gasteiger partial charge in [-0.25, -0.2) is 4.79 Å². The highest BCUT2D eigenvalue weighted by molar-refractivity contribution is 6.21. The lowest BCUT2D eigenvalue weighted by Gasteiger charge is -2.10. The van der Waals surface area contributed by atoms with Crippen LogP contribution in [0.25, 0.3) is 0 Å². The first-order valence-electron chi connectivity index (χ1n) is 4.16. The van der Waals surface area contributed by atoms with Gasteiger partial charge in [0, 0.05) is 6.20 Å². The summed E-state index contributed by atoms with van der Waals surface area (Å²) in [5, 5.41) is 8.51. The Morgan fingerprint density at radius 2 is 2.00 bits per heavy atom. The van der Waals surface area contributed by atoms with Gasteiger partial charge in [0.2, 0.25) is 0 Å². The molecule has 1 rings (SSSR count). The maximum Gasteiger partial charge on any atom is 0.433 e. The Morgan fingerprint density at radius 1 is 1.47 bits per heavy atom. The number of carboxylic acids is 1. The molecule has 0 unspecified atom stereocenters. The van der Waals surface area contributed by atoms with Gasteiger partial charge in [0.1, 0.15) is 5.57 Å². The summed E-state index contributed by atoms with van der Waals surface area (Å²) in [6.45, 7) is 0. The van der Waals surface area contributed by atoms with E-state index in [1.165, 1.54) is 0 Å². The van der Waals surface area contributed by atoms with E-state index in [9.17, 15) is 18.0 Å². The molecule has 1 saturated carbocycles. The first kappa shape index (κ1) is 11.5. The molecule has 0 spiro atoms. The highest BCUT2D eigenvalue weighted by Gasteiger charge is 2.41. The average molecular weight is 222 g/mol. The molecule has 0 aromatic carbocycles. The second-order valence-corrected chi connectivity index (χ2v) is 3.09. The van der Waals surface area contributed by atoms with Crippen molar-refractivity contribution in [3.05, 3.63) is 11.8 Å². The Hall–Kier alpha value is -1.53. The van der Waals surface area contributed by atoms with Gasteiger partial charge in [0.05, 0.1) is 6.04 Å². The van der Waals surface area contributed by atoms with Crippen LogP contribution in [0, 0.1) is 0 Å². The normalized spacial score (nSPS) is 19.1. The van der Waals surface area contributed by atoms with Gasteiger partial charge in [0.15, 0.2) is 5.71 Å². The van der Waals surface area contributed by atoms with Crippen LogP contribution in [0.15, 0.2) is 16.8 Å². The fourth-order valence-corrected chi connectivity index (χ4v) is 0.933. The second-order valence-electron chi connectivity index (χ2n) is 3.09. The first-order chi connectivity index (χ1) is 6.86. The molecule has 7 heteroatoms. The van der Waals surface area contributed by atoms with E-state index in [4.69, 9.17) is 10.8 Å². The minimum Gasteiger partial charge on any atom is -0.478 e. The summed E-state index contributed by atoms with van der Waals surface area (Å²) in [5.74, 6) is -1.73. The molecule has 0 aromatic rings. The number of carboxylic acid groups (broad SMARTS) is 1. The smallest absolute Gasteiger partial charge is 0.433 e. The van der Waals surface area contributed by atoms with Crippen LogP contribution in [0.5, 0.6) is 0 Å². The van der Waals surface area contributed by atoms with Crippen molar-refractivity contribution in [1.82, 2.24) is 0 Å². The predicted molar refractivity (Wildman–Crippen MR) is 46.4 cm³/mol. The average Bonchev–Trinajstić information content (AvgIpc) is 2.85. The van der Waals surface area contributed by atoms with Gasteiger partial charge in [-0.1, -0.05) is 0 Å². The molecule has 84 valence electrons. The van der Waals surface area contributed by atoms with E-state index in [1.807, 2.05) is 0 Å². The van der Waals surface area contributed by atoms with Gasteiger partial charge >= 0.3 is 12.1 Å². The zero-order chi connectivity index (χ0) is 11.6. The van der Waals surface area contributed by atoms with Gasteiger partial charge in [0.25, 0.3) is 0 Å². The molecule has 0 aromatic heterocycles. The molecule has 15 heavy (non-hydrogen) atoms. The van der Waals surface area contributed by atoms with Crippen LogP contribution >= 0.6 is 0 Å². The molecule has 0 bridgehead atoms. The summed E-state index contributed by atoms with van der Waals surface area (Å²) in [6.07, 6.45) is -3.27. The van der Waals surface area contributed by atoms with Crippen molar-refractivity contribution in [2.24, 2.45) is 10.7 Å². The first-order valence-corrected chi connectivity index (χ1v) is 4.16. The van der Waals surface area contributed by atoms with Crippen molar-refractivity contribution >= 4 is 11.7 Å². The number of rotatable bonds is 3. The topological polar surface area (TPSA) is 75.7 Å². The minimum absolute atomic E-state index is 0.414. The Kier molecular flexibility index (Phi) is 3.01. The van der Waals surface area contributed by atoms with Crippen molar-refractivity contribution in [2.75, 3.05) is 0 Å². The second kappa shape index (κ2) is 3.92. The number of aliphatic carboxylic acids is 1. The summed E-state index contributed by atoms with van der Waals surface area (Å²) in [7, 11) is 0. The molecular formula is C8H9F3N2O2. The van der Waals surface area contributed by atoms with E-state index in [1.54, 1.807) is 0 Å². The van der Waals surface area contributed by atoms with Crippen LogP contribution in [0.4, 0.5) is 13.2 Å². The molecule has 4 nitrogen and oxygen atoms in total. The third kappa shape index (κ3) is 2.97. The van der Waals surface area contributed by atoms with Crippen LogP contribution < -0.4 is 5.73 Å². The fraction of sp³-hybridized carbons (Fsp3) is 0.500. The number of aliphatic imine (C=N–C) groups is 1. The van der Waals surface area contributed by atoms with Crippen LogP contribution in [-0.4, -0.2) is 29.0 Å². The molecule has 3 N–H and O–H groups in total. The molecule has 0 radical (unpaired) electrons. The Labute approximate surface area is 83.3 Å². The van der Waals surface area contributed by atoms with Gasteiger partial charge in [-0.2, -0.15) is 13.2 Å². The van der Waals surface area contributed by atoms with E-state index in [2.05, 4.69) is 4.99 Å². The van der Waals surface area contributed by atoms with Crippen molar-refractivity contribution in [1.29, 1.82) is 0 Å². The third-order valence-electron chi connectivity index (χ3n) is 1.78. The summed E-state index contributed by atoms with van der Waals surface area (Å²) in [4.78, 5) is 13.8. The van der Waals surface area contributed by atoms with E-state index < -0.39 is 29.5 Å². The molecule has 0 aliphatic heterocycles. The lowest BCUT2D eigenvalue weighted by atomic mass is 10.1. The molecule has 1 fully saturated rings. The maximum atomic E-state index is 12.4. The monoisotopic (exact) mass is 222 g/mol. The number of hydrogen-bond donors (Lipinski definition) is 2. The summed E-state index contributed by atoms with van der Waals surface area (Å²) in [5.41, 5.74) is 2.44. The van der Waals surface area contributed by atoms with Gasteiger partial charge in [-0.3, -0.25) is 4.99 Å². The maximum absolute atomic E-state index is 12.4. The highest BCUT2D eigenvalue weighted by atomic mass is 19.4. The van der Waals surface area contributed by atoms with Crippen LogP contribution in [0.1, 0.15) is 12.8 Å². The lowest BCUT2D eigenvalue weighted by Crippen LogP contribution is -2.29. The van der Waals surface area contributed by atoms with Crippen LogP contribution in [0.2, 0.25) is 0 Å². The van der Waals surface area contributed by atoms with Gasteiger partial charge in [-0.15, -0.1) is 0 Å². The Morgan fingerprint density at radius 3 is 2.27 bits per heavy atom. The standard InChI is InChI=1S/C8H9F3N2O2/c9-8(10,11)6(13-4-1-2-4)5(3-12)7(14)15/h3-4H,1-2,12H2,(H,14,15). The SMILES string of the molecule is NC=C(C(=O)O)C(=NC1CC1)C(F)(F)F. The zero-order valence-corrected chi connectivity index (χ0v) is 7.58. The number of halogens is 3. The van der Waals surface area contributed by atoms with Crippen molar-refractivity contribution < 1.29 is 23.1 Å². The number of hydrogen-bond acceptors (Lipinski definition) is 3. The number of carbonyl (C=O) groups is 1. The van der Waals surface area contributed by atoms with E-state index in [-0.39, 0.29) is 0 Å². The number of nitrogens with zero attached hydrogens (tertiary/aromatic N) is 1. The number of nitrogens with two attached hydrogens (primary N) is 1. The van der Waals surface area contributed by atoms with E-state index >= 15 is 0 Å².